The Labute approximate surface area is 147 Å². The zero-order valence-corrected chi connectivity index (χ0v) is 14.4. The van der Waals surface area contributed by atoms with Crippen molar-refractivity contribution in [3.05, 3.63) is 53.9 Å². The highest BCUT2D eigenvalue weighted by atomic mass is 19.1. The molecule has 0 aliphatic heterocycles. The number of imidazole rings is 1. The van der Waals surface area contributed by atoms with Crippen molar-refractivity contribution in [1.29, 1.82) is 0 Å². The van der Waals surface area contributed by atoms with Gasteiger partial charge >= 0.3 is 0 Å². The highest BCUT2D eigenvalue weighted by Gasteiger charge is 2.22. The third-order valence-electron chi connectivity index (χ3n) is 4.64. The number of H-pyrrole nitrogens is 1. The van der Waals surface area contributed by atoms with Crippen molar-refractivity contribution in [2.45, 2.75) is 44.8 Å². The largest absolute Gasteiger partial charge is 0.368 e. The summed E-state index contributed by atoms with van der Waals surface area (Å²) in [7, 11) is 0. The first-order valence-electron chi connectivity index (χ1n) is 8.77. The van der Waals surface area contributed by atoms with Crippen LogP contribution in [0.4, 0.5) is 4.39 Å². The van der Waals surface area contributed by atoms with Crippen LogP contribution in [-0.2, 0) is 9.53 Å². The summed E-state index contributed by atoms with van der Waals surface area (Å²) in [6.45, 7) is 2.24. The van der Waals surface area contributed by atoms with Gasteiger partial charge in [-0.25, -0.2) is 9.37 Å². The third-order valence-corrected chi connectivity index (χ3v) is 4.64. The Kier molecular flexibility index (Phi) is 5.81. The number of ether oxygens (including phenoxy) is 1. The maximum absolute atomic E-state index is 13.2. The van der Waals surface area contributed by atoms with Gasteiger partial charge in [0.1, 0.15) is 24.3 Å². The van der Waals surface area contributed by atoms with Crippen molar-refractivity contribution < 1.29 is 13.9 Å². The van der Waals surface area contributed by atoms with Gasteiger partial charge < -0.3 is 15.0 Å². The molecule has 1 aliphatic rings. The minimum atomic E-state index is -0.461. The average Bonchev–Trinajstić information content (AvgIpc) is 3.13. The number of nitrogens with zero attached hydrogens (tertiary/aromatic N) is 1. The van der Waals surface area contributed by atoms with Crippen molar-refractivity contribution in [1.82, 2.24) is 15.3 Å². The van der Waals surface area contributed by atoms with Crippen molar-refractivity contribution in [2.24, 2.45) is 5.92 Å². The zero-order valence-electron chi connectivity index (χ0n) is 14.4. The van der Waals surface area contributed by atoms with E-state index >= 15 is 0 Å². The molecule has 1 fully saturated rings. The van der Waals surface area contributed by atoms with Gasteiger partial charge in [-0.15, -0.1) is 0 Å². The van der Waals surface area contributed by atoms with E-state index in [-0.39, 0.29) is 24.4 Å². The number of aromatic amines is 1. The fourth-order valence-corrected chi connectivity index (χ4v) is 3.33. The summed E-state index contributed by atoms with van der Waals surface area (Å²) in [5.74, 6) is 0.732. The molecule has 3 atom stereocenters. The Morgan fingerprint density at radius 1 is 1.40 bits per heavy atom. The predicted molar refractivity (Wildman–Crippen MR) is 92.3 cm³/mol. The minimum Gasteiger partial charge on any atom is -0.368 e. The van der Waals surface area contributed by atoms with Gasteiger partial charge in [0, 0.05) is 12.4 Å². The van der Waals surface area contributed by atoms with E-state index in [1.807, 2.05) is 0 Å². The molecule has 5 nitrogen and oxygen atoms in total. The zero-order chi connectivity index (χ0) is 17.6. The van der Waals surface area contributed by atoms with Crippen LogP contribution in [0.15, 0.2) is 36.7 Å². The maximum atomic E-state index is 13.2. The number of nitrogens with one attached hydrogen (secondary N) is 2. The van der Waals surface area contributed by atoms with Crippen molar-refractivity contribution in [2.75, 3.05) is 6.61 Å². The second-order valence-electron chi connectivity index (χ2n) is 6.73. The summed E-state index contributed by atoms with van der Waals surface area (Å²) >= 11 is 0. The smallest absolute Gasteiger partial charge is 0.246 e. The molecule has 25 heavy (non-hydrogen) atoms. The number of rotatable bonds is 6. The van der Waals surface area contributed by atoms with Crippen LogP contribution in [0.25, 0.3) is 0 Å². The molecule has 3 rings (SSSR count). The number of amides is 1. The van der Waals surface area contributed by atoms with Gasteiger partial charge in [0.25, 0.3) is 0 Å². The summed E-state index contributed by atoms with van der Waals surface area (Å²) in [4.78, 5) is 19.6. The number of hydrogen-bond donors (Lipinski definition) is 2. The van der Waals surface area contributed by atoms with Gasteiger partial charge in [-0.1, -0.05) is 31.9 Å². The molecule has 0 radical (unpaired) electrons. The molecular weight excluding hydrogens is 321 g/mol. The van der Waals surface area contributed by atoms with E-state index in [0.29, 0.717) is 11.7 Å². The molecule has 1 aliphatic carbocycles. The van der Waals surface area contributed by atoms with Crippen LogP contribution < -0.4 is 5.32 Å². The van der Waals surface area contributed by atoms with Crippen LogP contribution >= 0.6 is 0 Å². The van der Waals surface area contributed by atoms with Crippen molar-refractivity contribution in [3.63, 3.8) is 0 Å². The normalized spacial score (nSPS) is 21.7. The average molecular weight is 345 g/mol. The monoisotopic (exact) mass is 345 g/mol. The quantitative estimate of drug-likeness (QED) is 0.844. The minimum absolute atomic E-state index is 0.0236. The van der Waals surface area contributed by atoms with Gasteiger partial charge in [-0.3, -0.25) is 4.79 Å². The lowest BCUT2D eigenvalue weighted by atomic mass is 9.89. The molecule has 1 amide bonds. The van der Waals surface area contributed by atoms with Crippen LogP contribution in [0.3, 0.4) is 0 Å². The summed E-state index contributed by atoms with van der Waals surface area (Å²) < 4.78 is 19.0. The molecule has 134 valence electrons. The van der Waals surface area contributed by atoms with E-state index < -0.39 is 6.04 Å². The Morgan fingerprint density at radius 2 is 2.20 bits per heavy atom. The van der Waals surface area contributed by atoms with Gasteiger partial charge in [0.15, 0.2) is 0 Å². The molecule has 2 N–H and O–H groups in total. The number of aromatic nitrogens is 2. The second-order valence-corrected chi connectivity index (χ2v) is 6.73. The van der Waals surface area contributed by atoms with E-state index in [2.05, 4.69) is 22.2 Å². The van der Waals surface area contributed by atoms with E-state index in [1.54, 1.807) is 24.5 Å². The molecule has 0 bridgehead atoms. The van der Waals surface area contributed by atoms with Crippen molar-refractivity contribution >= 4 is 5.91 Å². The third kappa shape index (κ3) is 4.89. The molecule has 2 aromatic rings. The topological polar surface area (TPSA) is 67.0 Å². The fourth-order valence-electron chi connectivity index (χ4n) is 3.33. The standard InChI is InChI=1S/C19H24FN3O2/c1-13-3-2-4-16(11-13)25-12-17(24)23-18(19-21-9-10-22-19)14-5-7-15(20)8-6-14/h5-10,13,16,18H,2-4,11-12H2,1H3,(H,21,22)(H,23,24). The SMILES string of the molecule is CC1CCCC(OCC(=O)NC(c2ccc(F)cc2)c2ncc[nH]2)C1. The lowest BCUT2D eigenvalue weighted by molar-refractivity contribution is -0.129. The summed E-state index contributed by atoms with van der Waals surface area (Å²) in [5, 5.41) is 2.93. The first-order chi connectivity index (χ1) is 12.1. The van der Waals surface area contributed by atoms with Gasteiger partial charge in [-0.05, 0) is 36.5 Å². The van der Waals surface area contributed by atoms with Gasteiger partial charge in [-0.2, -0.15) is 0 Å². The number of carbonyl (C=O) groups excluding carboxylic acids is 1. The highest BCUT2D eigenvalue weighted by Crippen LogP contribution is 2.25. The molecule has 1 heterocycles. The number of halogens is 1. The lowest BCUT2D eigenvalue weighted by Crippen LogP contribution is -2.35. The molecule has 1 aromatic heterocycles. The molecule has 1 aromatic carbocycles. The lowest BCUT2D eigenvalue weighted by Gasteiger charge is -2.27. The van der Waals surface area contributed by atoms with Crippen LogP contribution in [-0.4, -0.2) is 28.6 Å². The Morgan fingerprint density at radius 3 is 2.88 bits per heavy atom. The highest BCUT2D eigenvalue weighted by molar-refractivity contribution is 5.78. The molecule has 3 unspecified atom stereocenters. The van der Waals surface area contributed by atoms with Crippen LogP contribution in [0, 0.1) is 11.7 Å². The van der Waals surface area contributed by atoms with E-state index in [4.69, 9.17) is 4.74 Å². The number of carbonyl (C=O) groups is 1. The molecule has 0 saturated heterocycles. The molecule has 6 heteroatoms. The first kappa shape index (κ1) is 17.6. The number of hydrogen-bond acceptors (Lipinski definition) is 3. The molecular formula is C19H24FN3O2. The fraction of sp³-hybridized carbons (Fsp3) is 0.474. The van der Waals surface area contributed by atoms with Crippen LogP contribution in [0.1, 0.15) is 50.0 Å². The van der Waals surface area contributed by atoms with E-state index in [9.17, 15) is 9.18 Å². The maximum Gasteiger partial charge on any atom is 0.246 e. The van der Waals surface area contributed by atoms with Gasteiger partial charge in [0.05, 0.1) is 6.10 Å². The number of benzene rings is 1. The first-order valence-corrected chi connectivity index (χ1v) is 8.77. The Balaban J connectivity index is 1.62. The second kappa shape index (κ2) is 8.25. The summed E-state index contributed by atoms with van der Waals surface area (Å²) in [5.41, 5.74) is 0.760. The van der Waals surface area contributed by atoms with Gasteiger partial charge in [0.2, 0.25) is 5.91 Å². The van der Waals surface area contributed by atoms with Crippen LogP contribution in [0.5, 0.6) is 0 Å². The van der Waals surface area contributed by atoms with E-state index in [1.165, 1.54) is 18.6 Å². The molecule has 1 saturated carbocycles. The van der Waals surface area contributed by atoms with E-state index in [0.717, 1.165) is 24.8 Å². The predicted octanol–water partition coefficient (Wildman–Crippen LogP) is 3.35. The Hall–Kier alpha value is -2.21. The summed E-state index contributed by atoms with van der Waals surface area (Å²) in [6.07, 6.45) is 7.87. The molecule has 0 spiro atoms. The van der Waals surface area contributed by atoms with Crippen LogP contribution in [0.2, 0.25) is 0 Å². The summed E-state index contributed by atoms with van der Waals surface area (Å²) in [6, 6.07) is 5.57. The Bertz CT molecular complexity index is 672. The van der Waals surface area contributed by atoms with Crippen molar-refractivity contribution in [3.8, 4) is 0 Å².